The zero-order valence-electron chi connectivity index (χ0n) is 14.0. The van der Waals surface area contributed by atoms with E-state index in [9.17, 15) is 9.18 Å². The molecule has 3 unspecified atom stereocenters. The fraction of sp³-hybridized carbons (Fsp3) is 0.529. The van der Waals surface area contributed by atoms with Crippen LogP contribution in [0.4, 0.5) is 4.39 Å². The lowest BCUT2D eigenvalue weighted by molar-refractivity contribution is -0.151. The number of aromatic nitrogens is 4. The van der Waals surface area contributed by atoms with Crippen LogP contribution in [0.25, 0.3) is 11.4 Å². The number of esters is 1. The van der Waals surface area contributed by atoms with Crippen molar-refractivity contribution in [3.05, 3.63) is 29.6 Å². The van der Waals surface area contributed by atoms with Gasteiger partial charge in [-0.25, -0.2) is 4.39 Å². The van der Waals surface area contributed by atoms with Gasteiger partial charge in [0.2, 0.25) is 5.82 Å². The van der Waals surface area contributed by atoms with Gasteiger partial charge in [-0.3, -0.25) is 10.1 Å². The first-order chi connectivity index (χ1) is 12.1. The van der Waals surface area contributed by atoms with Gasteiger partial charge in [0.05, 0.1) is 7.11 Å². The third kappa shape index (κ3) is 2.80. The standard InChI is InChI=1S/C17H20FN5O2/c1-25-16(24)17(6-2-3-10-8-13(10)17)19-9-12-7-11(4-5-14(12)18)15-20-22-23-21-15/h4-5,7,10,13,19H,2-3,6,8-9H2,1H3,(H,20,21,22,23). The van der Waals surface area contributed by atoms with Gasteiger partial charge in [-0.1, -0.05) is 12.8 Å². The summed E-state index contributed by atoms with van der Waals surface area (Å²) in [7, 11) is 1.41. The van der Waals surface area contributed by atoms with Gasteiger partial charge >= 0.3 is 5.97 Å². The Bertz CT molecular complexity index is 781. The van der Waals surface area contributed by atoms with Crippen molar-refractivity contribution < 1.29 is 13.9 Å². The number of H-pyrrole nitrogens is 1. The number of fused-ring (bicyclic) bond motifs is 1. The number of ether oxygens (including phenoxy) is 1. The number of nitrogens with zero attached hydrogens (tertiary/aromatic N) is 3. The van der Waals surface area contributed by atoms with Crippen LogP contribution in [0.2, 0.25) is 0 Å². The van der Waals surface area contributed by atoms with E-state index in [-0.39, 0.29) is 24.2 Å². The average Bonchev–Trinajstić information content (AvgIpc) is 3.24. The summed E-state index contributed by atoms with van der Waals surface area (Å²) >= 11 is 0. The van der Waals surface area contributed by atoms with E-state index in [1.165, 1.54) is 13.2 Å². The summed E-state index contributed by atoms with van der Waals surface area (Å²) in [5.74, 6) is 0.703. The molecule has 8 heteroatoms. The lowest BCUT2D eigenvalue weighted by Gasteiger charge is -2.35. The maximum Gasteiger partial charge on any atom is 0.326 e. The Morgan fingerprint density at radius 2 is 2.40 bits per heavy atom. The van der Waals surface area contributed by atoms with Crippen molar-refractivity contribution in [1.82, 2.24) is 25.9 Å². The van der Waals surface area contributed by atoms with E-state index in [0.717, 1.165) is 25.7 Å². The number of carbonyl (C=O) groups is 1. The Labute approximate surface area is 144 Å². The van der Waals surface area contributed by atoms with Crippen molar-refractivity contribution in [1.29, 1.82) is 0 Å². The number of aromatic amines is 1. The second-order valence-electron chi connectivity index (χ2n) is 6.85. The molecule has 4 rings (SSSR count). The molecule has 132 valence electrons. The number of carbonyl (C=O) groups excluding carboxylic acids is 1. The Balaban J connectivity index is 1.57. The van der Waals surface area contributed by atoms with E-state index in [2.05, 4.69) is 25.9 Å². The molecular weight excluding hydrogens is 325 g/mol. The van der Waals surface area contributed by atoms with Crippen LogP contribution >= 0.6 is 0 Å². The molecule has 2 aliphatic rings. The highest BCUT2D eigenvalue weighted by molar-refractivity contribution is 5.82. The lowest BCUT2D eigenvalue weighted by Crippen LogP contribution is -2.55. The van der Waals surface area contributed by atoms with Crippen LogP contribution in [0, 0.1) is 17.7 Å². The number of hydrogen-bond acceptors (Lipinski definition) is 6. The molecule has 0 aliphatic heterocycles. The molecule has 0 saturated heterocycles. The summed E-state index contributed by atoms with van der Waals surface area (Å²) in [5.41, 5.74) is 0.437. The molecule has 1 heterocycles. The van der Waals surface area contributed by atoms with Crippen molar-refractivity contribution in [2.45, 2.75) is 37.8 Å². The lowest BCUT2D eigenvalue weighted by atomic mass is 9.81. The van der Waals surface area contributed by atoms with E-state index < -0.39 is 5.54 Å². The number of rotatable bonds is 5. The minimum Gasteiger partial charge on any atom is -0.468 e. The Kier molecular flexibility index (Phi) is 3.99. The predicted molar refractivity (Wildman–Crippen MR) is 86.6 cm³/mol. The SMILES string of the molecule is COC(=O)C1(NCc2cc(-c3nn[nH]n3)ccc2F)CCCC2CC21. The Morgan fingerprint density at radius 3 is 3.16 bits per heavy atom. The summed E-state index contributed by atoms with van der Waals surface area (Å²) < 4.78 is 19.3. The van der Waals surface area contributed by atoms with Crippen molar-refractivity contribution in [2.24, 2.45) is 11.8 Å². The molecule has 0 bridgehead atoms. The maximum atomic E-state index is 14.3. The van der Waals surface area contributed by atoms with Crippen LogP contribution in [0.1, 0.15) is 31.2 Å². The normalized spacial score (nSPS) is 27.6. The fourth-order valence-corrected chi connectivity index (χ4v) is 4.11. The summed E-state index contributed by atoms with van der Waals surface area (Å²) in [6.07, 6.45) is 3.90. The quantitative estimate of drug-likeness (QED) is 0.803. The largest absolute Gasteiger partial charge is 0.468 e. The minimum atomic E-state index is -0.702. The Hall–Kier alpha value is -2.35. The number of nitrogens with one attached hydrogen (secondary N) is 2. The third-order valence-corrected chi connectivity index (χ3v) is 5.49. The molecule has 1 aromatic carbocycles. The van der Waals surface area contributed by atoms with Crippen molar-refractivity contribution in [2.75, 3.05) is 7.11 Å². The van der Waals surface area contributed by atoms with Crippen molar-refractivity contribution in [3.63, 3.8) is 0 Å². The number of hydrogen-bond donors (Lipinski definition) is 2. The third-order valence-electron chi connectivity index (χ3n) is 5.49. The monoisotopic (exact) mass is 345 g/mol. The molecule has 2 aromatic rings. The molecule has 3 atom stereocenters. The maximum absolute atomic E-state index is 14.3. The first-order valence-electron chi connectivity index (χ1n) is 8.50. The second-order valence-corrected chi connectivity index (χ2v) is 6.85. The van der Waals surface area contributed by atoms with E-state index in [0.29, 0.717) is 22.9 Å². The van der Waals surface area contributed by atoms with Crippen LogP contribution in [-0.4, -0.2) is 39.2 Å². The molecule has 0 radical (unpaired) electrons. The van der Waals surface area contributed by atoms with Crippen molar-refractivity contribution >= 4 is 5.97 Å². The topological polar surface area (TPSA) is 92.8 Å². The highest BCUT2D eigenvalue weighted by Gasteiger charge is 2.59. The summed E-state index contributed by atoms with van der Waals surface area (Å²) in [6, 6.07) is 4.68. The zero-order chi connectivity index (χ0) is 17.4. The molecule has 2 saturated carbocycles. The summed E-state index contributed by atoms with van der Waals surface area (Å²) in [4.78, 5) is 12.5. The predicted octanol–water partition coefficient (Wildman–Crippen LogP) is 1.83. The molecule has 2 N–H and O–H groups in total. The van der Waals surface area contributed by atoms with Gasteiger partial charge in [-0.15, -0.1) is 10.2 Å². The minimum absolute atomic E-state index is 0.241. The van der Waals surface area contributed by atoms with E-state index >= 15 is 0 Å². The van der Waals surface area contributed by atoms with E-state index in [1.54, 1.807) is 12.1 Å². The highest BCUT2D eigenvalue weighted by atomic mass is 19.1. The summed E-state index contributed by atoms with van der Waals surface area (Å²) in [6.45, 7) is 0.246. The second kappa shape index (κ2) is 6.18. The average molecular weight is 345 g/mol. The first kappa shape index (κ1) is 16.1. The number of methoxy groups -OCH3 is 1. The van der Waals surface area contributed by atoms with Gasteiger partial charge in [0.15, 0.2) is 0 Å². The van der Waals surface area contributed by atoms with Crippen LogP contribution in [-0.2, 0) is 16.1 Å². The molecule has 0 spiro atoms. The van der Waals surface area contributed by atoms with Crippen molar-refractivity contribution in [3.8, 4) is 11.4 Å². The molecule has 0 amide bonds. The fourth-order valence-electron chi connectivity index (χ4n) is 4.11. The molecule has 7 nitrogen and oxygen atoms in total. The molecular formula is C17H20FN5O2. The zero-order valence-corrected chi connectivity index (χ0v) is 14.0. The summed E-state index contributed by atoms with van der Waals surface area (Å²) in [5, 5.41) is 17.1. The van der Waals surface area contributed by atoms with E-state index in [4.69, 9.17) is 4.74 Å². The van der Waals surface area contributed by atoms with Crippen LogP contribution in [0.3, 0.4) is 0 Å². The number of tetrazole rings is 1. The van der Waals surface area contributed by atoms with Crippen LogP contribution in [0.5, 0.6) is 0 Å². The molecule has 1 aromatic heterocycles. The smallest absolute Gasteiger partial charge is 0.326 e. The first-order valence-corrected chi connectivity index (χ1v) is 8.50. The van der Waals surface area contributed by atoms with Crippen LogP contribution < -0.4 is 5.32 Å². The number of benzene rings is 1. The molecule has 25 heavy (non-hydrogen) atoms. The van der Waals surface area contributed by atoms with Gasteiger partial charge in [-0.05, 0) is 48.1 Å². The number of halogens is 1. The Morgan fingerprint density at radius 1 is 1.52 bits per heavy atom. The van der Waals surface area contributed by atoms with Gasteiger partial charge in [0.1, 0.15) is 11.4 Å². The van der Waals surface area contributed by atoms with Gasteiger partial charge in [0.25, 0.3) is 0 Å². The van der Waals surface area contributed by atoms with Crippen LogP contribution in [0.15, 0.2) is 18.2 Å². The highest BCUT2D eigenvalue weighted by Crippen LogP contribution is 2.55. The van der Waals surface area contributed by atoms with E-state index in [1.807, 2.05) is 0 Å². The van der Waals surface area contributed by atoms with Gasteiger partial charge in [0, 0.05) is 17.7 Å². The molecule has 2 aliphatic carbocycles. The molecule has 2 fully saturated rings. The van der Waals surface area contributed by atoms with Gasteiger partial charge in [-0.2, -0.15) is 5.21 Å². The van der Waals surface area contributed by atoms with Gasteiger partial charge < -0.3 is 4.74 Å².